The summed E-state index contributed by atoms with van der Waals surface area (Å²) in [7, 11) is 2.95. The first-order valence-electron chi connectivity index (χ1n) is 9.20. The number of aromatic nitrogens is 5. The van der Waals surface area contributed by atoms with Gasteiger partial charge in [-0.05, 0) is 16.0 Å². The molecule has 2 aromatic heterocycles. The highest BCUT2D eigenvalue weighted by atomic mass is 35.5. The van der Waals surface area contributed by atoms with E-state index in [-0.39, 0.29) is 34.6 Å². The average Bonchev–Trinajstić information content (AvgIpc) is 3.40. The van der Waals surface area contributed by atoms with E-state index in [9.17, 15) is 19.5 Å². The number of thioether (sulfide) groups is 2. The number of aliphatic carboxylic acids is 1. The highest BCUT2D eigenvalue weighted by Crippen LogP contribution is 2.41. The van der Waals surface area contributed by atoms with Crippen molar-refractivity contribution in [2.24, 2.45) is 12.2 Å². The van der Waals surface area contributed by atoms with Crippen LogP contribution in [0.25, 0.3) is 0 Å². The number of oxime groups is 1. The number of β-lactam (4-membered cyclic amide) rings is 1. The number of tetrazole rings is 1. The summed E-state index contributed by atoms with van der Waals surface area (Å²) in [4.78, 5) is 47.6. The molecule has 4 rings (SSSR count). The van der Waals surface area contributed by atoms with Crippen molar-refractivity contribution in [3.8, 4) is 0 Å². The molecule has 4 heterocycles. The van der Waals surface area contributed by atoms with E-state index in [0.717, 1.165) is 11.3 Å². The number of carboxylic acids is 1. The molecule has 18 heteroatoms. The van der Waals surface area contributed by atoms with Crippen LogP contribution in [0.15, 0.2) is 27.0 Å². The van der Waals surface area contributed by atoms with Gasteiger partial charge in [-0.1, -0.05) is 16.9 Å². The standard InChI is InChI=1S/C16H17N9O5S3.ClH/c1-24-16(20-22-23-24)33-4-6-3-31-13-9(12(27)25(13)10(6)14(28)29)19-11(26)8(21-30-2)7-5-32-15(17)18-7;/h5,9,13H,3-4H2,1-2H3,(H2,17,18)(H,19,26)(H,28,29);1H/b21-8+;/t9-,13?;/m1./s1. The van der Waals surface area contributed by atoms with Crippen molar-refractivity contribution in [2.45, 2.75) is 16.6 Å². The summed E-state index contributed by atoms with van der Waals surface area (Å²) < 4.78 is 1.47. The fraction of sp³-hybridized carbons (Fsp3) is 0.375. The molecule has 2 amide bonds. The van der Waals surface area contributed by atoms with Crippen molar-refractivity contribution >= 4 is 75.9 Å². The SMILES string of the molecule is CO/N=C(/C(=O)N[C@@H]1C(=O)N2C(C(=O)O)=C(CSc3nnnn3C)CSC12)c1csc(N)n1.Cl. The van der Waals surface area contributed by atoms with Gasteiger partial charge in [0.05, 0.1) is 0 Å². The van der Waals surface area contributed by atoms with Crippen LogP contribution in [0, 0.1) is 0 Å². The van der Waals surface area contributed by atoms with E-state index < -0.39 is 29.2 Å². The van der Waals surface area contributed by atoms with E-state index >= 15 is 0 Å². The van der Waals surface area contributed by atoms with Gasteiger partial charge in [0.25, 0.3) is 11.8 Å². The van der Waals surface area contributed by atoms with E-state index in [0.29, 0.717) is 22.2 Å². The molecule has 0 aromatic carbocycles. The Hall–Kier alpha value is -2.89. The molecule has 0 spiro atoms. The predicted octanol–water partition coefficient (Wildman–Crippen LogP) is -0.448. The van der Waals surface area contributed by atoms with Crippen LogP contribution in [0.1, 0.15) is 5.69 Å². The first-order valence-corrected chi connectivity index (χ1v) is 12.1. The molecular weight excluding hydrogens is 530 g/mol. The first-order chi connectivity index (χ1) is 15.8. The largest absolute Gasteiger partial charge is 0.477 e. The van der Waals surface area contributed by atoms with Crippen LogP contribution in [0.3, 0.4) is 0 Å². The number of hydrogen-bond donors (Lipinski definition) is 3. The second-order valence-corrected chi connectivity index (χ2v) is 9.62. The van der Waals surface area contributed by atoms with E-state index in [2.05, 4.69) is 31.0 Å². The van der Waals surface area contributed by atoms with Gasteiger partial charge in [-0.2, -0.15) is 0 Å². The first kappa shape index (κ1) is 25.7. The minimum absolute atomic E-state index is 0. The maximum atomic E-state index is 12.9. The third kappa shape index (κ3) is 4.82. The second-order valence-electron chi connectivity index (χ2n) is 6.69. The van der Waals surface area contributed by atoms with Crippen molar-refractivity contribution in [3.63, 3.8) is 0 Å². The van der Waals surface area contributed by atoms with E-state index in [1.54, 1.807) is 12.4 Å². The Balaban J connectivity index is 0.00000324. The summed E-state index contributed by atoms with van der Waals surface area (Å²) in [6.45, 7) is 0. The molecule has 2 aliphatic heterocycles. The fourth-order valence-electron chi connectivity index (χ4n) is 3.19. The molecule has 1 fully saturated rings. The Morgan fingerprint density at radius 1 is 1.47 bits per heavy atom. The summed E-state index contributed by atoms with van der Waals surface area (Å²) in [5, 5.41) is 29.0. The van der Waals surface area contributed by atoms with Crippen LogP contribution < -0.4 is 11.1 Å². The van der Waals surface area contributed by atoms with Crippen molar-refractivity contribution in [1.29, 1.82) is 0 Å². The molecule has 1 unspecified atom stereocenters. The zero-order valence-corrected chi connectivity index (χ0v) is 20.8. The number of carbonyl (C=O) groups is 3. The molecule has 2 aliphatic rings. The quantitative estimate of drug-likeness (QED) is 0.167. The second kappa shape index (κ2) is 10.6. The number of nitrogens with zero attached hydrogens (tertiary/aromatic N) is 7. The number of aryl methyl sites for hydroxylation is 1. The molecule has 182 valence electrons. The van der Waals surface area contributed by atoms with E-state index in [1.165, 1.54) is 40.2 Å². The van der Waals surface area contributed by atoms with Crippen LogP contribution >= 0.6 is 47.3 Å². The molecular formula is C16H18ClN9O5S3. The van der Waals surface area contributed by atoms with Gasteiger partial charge in [0.15, 0.2) is 10.8 Å². The number of hydrogen-bond acceptors (Lipinski definition) is 13. The van der Waals surface area contributed by atoms with E-state index in [4.69, 9.17) is 10.6 Å². The number of fused-ring (bicyclic) bond motifs is 1. The van der Waals surface area contributed by atoms with Gasteiger partial charge < -0.3 is 21.0 Å². The summed E-state index contributed by atoms with van der Waals surface area (Å²) in [6.07, 6.45) is 0. The van der Waals surface area contributed by atoms with Crippen LogP contribution in [-0.4, -0.2) is 88.7 Å². The van der Waals surface area contributed by atoms with Crippen molar-refractivity contribution in [2.75, 3.05) is 24.3 Å². The summed E-state index contributed by atoms with van der Waals surface area (Å²) in [5.74, 6) is -1.77. The van der Waals surface area contributed by atoms with Gasteiger partial charge >= 0.3 is 5.97 Å². The molecule has 0 saturated carbocycles. The number of carbonyl (C=O) groups excluding carboxylic acids is 2. The normalized spacial score (nSPS) is 19.8. The number of anilines is 1. The molecule has 4 N–H and O–H groups in total. The molecule has 0 bridgehead atoms. The van der Waals surface area contributed by atoms with Gasteiger partial charge in [0.1, 0.15) is 29.9 Å². The third-order valence-electron chi connectivity index (χ3n) is 4.66. The Morgan fingerprint density at radius 3 is 2.82 bits per heavy atom. The van der Waals surface area contributed by atoms with Gasteiger partial charge in [0.2, 0.25) is 5.16 Å². The number of thiazole rings is 1. The Kier molecular flexibility index (Phi) is 8.01. The Morgan fingerprint density at radius 2 is 2.24 bits per heavy atom. The van der Waals surface area contributed by atoms with E-state index in [1.807, 2.05) is 0 Å². The number of nitrogens with one attached hydrogen (secondary N) is 1. The van der Waals surface area contributed by atoms with Crippen LogP contribution in [0.5, 0.6) is 0 Å². The Bertz CT molecular complexity index is 1180. The van der Waals surface area contributed by atoms with Crippen LogP contribution in [-0.2, 0) is 26.3 Å². The summed E-state index contributed by atoms with van der Waals surface area (Å²) in [6, 6.07) is -0.924. The van der Waals surface area contributed by atoms with Gasteiger partial charge in [0, 0.05) is 23.9 Å². The Labute approximate surface area is 210 Å². The maximum Gasteiger partial charge on any atom is 0.352 e. The highest BCUT2D eigenvalue weighted by Gasteiger charge is 2.54. The van der Waals surface area contributed by atoms with Crippen molar-refractivity contribution in [1.82, 2.24) is 35.4 Å². The number of amides is 2. The van der Waals surface area contributed by atoms with Gasteiger partial charge in [-0.25, -0.2) is 14.5 Å². The topological polar surface area (TPSA) is 191 Å². The number of nitrogen functional groups attached to an aromatic ring is 1. The lowest BCUT2D eigenvalue weighted by Crippen LogP contribution is -2.71. The number of halogens is 1. The zero-order valence-electron chi connectivity index (χ0n) is 17.6. The lowest BCUT2D eigenvalue weighted by Gasteiger charge is -2.49. The maximum absolute atomic E-state index is 12.9. The smallest absolute Gasteiger partial charge is 0.352 e. The monoisotopic (exact) mass is 547 g/mol. The third-order valence-corrected chi connectivity index (χ3v) is 7.77. The van der Waals surface area contributed by atoms with Gasteiger partial charge in [-0.15, -0.1) is 40.6 Å². The molecule has 2 atom stereocenters. The minimum atomic E-state index is -1.22. The molecule has 1 saturated heterocycles. The summed E-state index contributed by atoms with van der Waals surface area (Å²) in [5.41, 5.74) is 6.17. The lowest BCUT2D eigenvalue weighted by atomic mass is 10.0. The summed E-state index contributed by atoms with van der Waals surface area (Å²) >= 11 is 3.75. The molecule has 0 aliphatic carbocycles. The predicted molar refractivity (Wildman–Crippen MR) is 127 cm³/mol. The number of rotatable bonds is 8. The van der Waals surface area contributed by atoms with Gasteiger partial charge in [-0.3, -0.25) is 14.5 Å². The molecule has 0 radical (unpaired) electrons. The molecule has 2 aromatic rings. The minimum Gasteiger partial charge on any atom is -0.477 e. The van der Waals surface area contributed by atoms with Crippen LogP contribution in [0.4, 0.5) is 5.13 Å². The molecule has 14 nitrogen and oxygen atoms in total. The van der Waals surface area contributed by atoms with Crippen molar-refractivity contribution < 1.29 is 24.3 Å². The lowest BCUT2D eigenvalue weighted by molar-refractivity contribution is -0.150. The van der Waals surface area contributed by atoms with Crippen LogP contribution in [0.2, 0.25) is 0 Å². The highest BCUT2D eigenvalue weighted by molar-refractivity contribution is 8.01. The zero-order chi connectivity index (χ0) is 23.7. The fourth-order valence-corrected chi connectivity index (χ4v) is 6.07. The average molecular weight is 548 g/mol. The molecule has 34 heavy (non-hydrogen) atoms. The van der Waals surface area contributed by atoms with Crippen molar-refractivity contribution in [3.05, 3.63) is 22.3 Å². The number of carboxylic acid groups (broad SMARTS) is 1. The number of nitrogens with two attached hydrogens (primary N) is 1.